The Morgan fingerprint density at radius 3 is 2.67 bits per heavy atom. The van der Waals surface area contributed by atoms with Gasteiger partial charge in [0.05, 0.1) is 11.7 Å². The zero-order valence-corrected chi connectivity index (χ0v) is 12.3. The van der Waals surface area contributed by atoms with Crippen LogP contribution in [-0.4, -0.2) is 42.3 Å². The summed E-state index contributed by atoms with van der Waals surface area (Å²) in [4.78, 5) is 2.67. The number of hydrogen-bond donors (Lipinski definition) is 1. The number of nitrogens with two attached hydrogens (primary N) is 1. The van der Waals surface area contributed by atoms with Crippen LogP contribution in [0.3, 0.4) is 0 Å². The molecule has 1 heterocycles. The molecule has 1 aliphatic carbocycles. The molecular weight excluding hydrogens is 224 g/mol. The van der Waals surface area contributed by atoms with Crippen molar-refractivity contribution < 1.29 is 4.74 Å². The van der Waals surface area contributed by atoms with Gasteiger partial charge in [-0.15, -0.1) is 0 Å². The summed E-state index contributed by atoms with van der Waals surface area (Å²) in [7, 11) is 0. The largest absolute Gasteiger partial charge is 0.368 e. The Morgan fingerprint density at radius 1 is 1.28 bits per heavy atom. The summed E-state index contributed by atoms with van der Waals surface area (Å²) in [6.45, 7) is 9.47. The molecular formula is C15H30N2O. The monoisotopic (exact) mass is 254 g/mol. The van der Waals surface area contributed by atoms with E-state index in [4.69, 9.17) is 10.5 Å². The number of nitrogens with zero attached hydrogens (tertiary/aromatic N) is 1. The fourth-order valence-electron chi connectivity index (χ4n) is 3.86. The molecule has 106 valence electrons. The van der Waals surface area contributed by atoms with Crippen LogP contribution in [0.1, 0.15) is 52.9 Å². The van der Waals surface area contributed by atoms with Crippen molar-refractivity contribution in [2.45, 2.75) is 70.6 Å². The van der Waals surface area contributed by atoms with Gasteiger partial charge in [0.15, 0.2) is 0 Å². The lowest BCUT2D eigenvalue weighted by molar-refractivity contribution is -0.148. The van der Waals surface area contributed by atoms with E-state index < -0.39 is 0 Å². The Morgan fingerprint density at radius 2 is 2.00 bits per heavy atom. The molecule has 2 aliphatic rings. The fourth-order valence-corrected chi connectivity index (χ4v) is 3.86. The third-order valence-corrected chi connectivity index (χ3v) is 4.63. The average Bonchev–Trinajstić information content (AvgIpc) is 2.36. The van der Waals surface area contributed by atoms with Crippen LogP contribution >= 0.6 is 0 Å². The van der Waals surface area contributed by atoms with Gasteiger partial charge in [0.25, 0.3) is 0 Å². The van der Waals surface area contributed by atoms with Gasteiger partial charge in [0.1, 0.15) is 0 Å². The van der Waals surface area contributed by atoms with Crippen LogP contribution in [0, 0.1) is 5.92 Å². The van der Waals surface area contributed by atoms with Crippen molar-refractivity contribution in [3.8, 4) is 0 Å². The highest BCUT2D eigenvalue weighted by molar-refractivity contribution is 4.91. The molecule has 18 heavy (non-hydrogen) atoms. The van der Waals surface area contributed by atoms with E-state index in [1.807, 2.05) is 0 Å². The fraction of sp³-hybridized carbons (Fsp3) is 1.00. The lowest BCUT2D eigenvalue weighted by Crippen LogP contribution is -2.59. The predicted molar refractivity (Wildman–Crippen MR) is 75.6 cm³/mol. The maximum Gasteiger partial charge on any atom is 0.0831 e. The molecule has 0 aromatic rings. The first-order valence-electron chi connectivity index (χ1n) is 7.67. The molecule has 1 saturated heterocycles. The first kappa shape index (κ1) is 14.3. The number of rotatable bonds is 3. The minimum atomic E-state index is -0.0436. The van der Waals surface area contributed by atoms with Gasteiger partial charge in [-0.05, 0) is 32.6 Å². The van der Waals surface area contributed by atoms with Crippen LogP contribution < -0.4 is 5.73 Å². The number of hydrogen-bond acceptors (Lipinski definition) is 3. The van der Waals surface area contributed by atoms with Gasteiger partial charge in [-0.2, -0.15) is 0 Å². The smallest absolute Gasteiger partial charge is 0.0831 e. The van der Waals surface area contributed by atoms with Gasteiger partial charge in [-0.1, -0.05) is 26.2 Å². The molecule has 2 N–H and O–H groups in total. The van der Waals surface area contributed by atoms with Gasteiger partial charge >= 0.3 is 0 Å². The third kappa shape index (κ3) is 3.25. The van der Waals surface area contributed by atoms with Crippen LogP contribution in [0.4, 0.5) is 0 Å². The number of morpholine rings is 1. The molecule has 0 amide bonds. The van der Waals surface area contributed by atoms with E-state index in [-0.39, 0.29) is 11.7 Å². The maximum atomic E-state index is 6.05. The lowest BCUT2D eigenvalue weighted by Gasteiger charge is -2.49. The number of ether oxygens (including phenoxy) is 1. The van der Waals surface area contributed by atoms with Crippen molar-refractivity contribution in [2.75, 3.05) is 19.6 Å². The van der Waals surface area contributed by atoms with Crippen molar-refractivity contribution in [3.63, 3.8) is 0 Å². The normalized spacial score (nSPS) is 37.7. The molecule has 3 atom stereocenters. The van der Waals surface area contributed by atoms with Gasteiger partial charge in [-0.3, -0.25) is 4.90 Å². The average molecular weight is 254 g/mol. The minimum Gasteiger partial charge on any atom is -0.368 e. The van der Waals surface area contributed by atoms with Crippen molar-refractivity contribution in [1.82, 2.24) is 4.90 Å². The van der Waals surface area contributed by atoms with Crippen LogP contribution in [0.5, 0.6) is 0 Å². The highest BCUT2D eigenvalue weighted by Gasteiger charge is 2.38. The summed E-state index contributed by atoms with van der Waals surface area (Å²) in [6.07, 6.45) is 7.12. The zero-order chi connectivity index (χ0) is 13.2. The topological polar surface area (TPSA) is 38.5 Å². The van der Waals surface area contributed by atoms with Crippen LogP contribution in [0.25, 0.3) is 0 Å². The van der Waals surface area contributed by atoms with Crippen molar-refractivity contribution in [1.29, 1.82) is 0 Å². The van der Waals surface area contributed by atoms with Crippen molar-refractivity contribution >= 4 is 0 Å². The second-order valence-electron chi connectivity index (χ2n) is 6.68. The molecule has 0 aromatic carbocycles. The summed E-state index contributed by atoms with van der Waals surface area (Å²) in [5, 5.41) is 0. The van der Waals surface area contributed by atoms with Crippen LogP contribution in [-0.2, 0) is 4.74 Å². The molecule has 1 aliphatic heterocycles. The van der Waals surface area contributed by atoms with E-state index in [1.165, 1.54) is 32.1 Å². The zero-order valence-electron chi connectivity index (χ0n) is 12.3. The summed E-state index contributed by atoms with van der Waals surface area (Å²) in [6, 6.07) is 0.765. The second kappa shape index (κ2) is 5.89. The quantitative estimate of drug-likeness (QED) is 0.840. The van der Waals surface area contributed by atoms with Gasteiger partial charge in [0.2, 0.25) is 0 Å². The van der Waals surface area contributed by atoms with E-state index >= 15 is 0 Å². The standard InChI is InChI=1S/C15H30N2O/c1-4-12-7-5-6-8-14(12)17-10-13(9-16)18-15(2,3)11-17/h12-14H,4-11,16H2,1-3H3. The molecule has 3 heteroatoms. The molecule has 2 fully saturated rings. The molecule has 2 rings (SSSR count). The minimum absolute atomic E-state index is 0.0436. The second-order valence-corrected chi connectivity index (χ2v) is 6.68. The molecule has 3 nitrogen and oxygen atoms in total. The van der Waals surface area contributed by atoms with Gasteiger partial charge in [-0.25, -0.2) is 0 Å². The first-order chi connectivity index (χ1) is 8.55. The van der Waals surface area contributed by atoms with Gasteiger partial charge in [0, 0.05) is 25.7 Å². The molecule has 0 aromatic heterocycles. The first-order valence-corrected chi connectivity index (χ1v) is 7.67. The molecule has 0 spiro atoms. The Kier molecular flexibility index (Phi) is 4.68. The summed E-state index contributed by atoms with van der Waals surface area (Å²) in [5.74, 6) is 0.881. The van der Waals surface area contributed by atoms with E-state index in [0.717, 1.165) is 25.0 Å². The Bertz CT molecular complexity index is 267. The highest BCUT2D eigenvalue weighted by atomic mass is 16.5. The Balaban J connectivity index is 2.05. The van der Waals surface area contributed by atoms with E-state index in [1.54, 1.807) is 0 Å². The molecule has 1 saturated carbocycles. The molecule has 0 radical (unpaired) electrons. The Hall–Kier alpha value is -0.120. The molecule has 0 bridgehead atoms. The van der Waals surface area contributed by atoms with Gasteiger partial charge < -0.3 is 10.5 Å². The SMILES string of the molecule is CCC1CCCCC1N1CC(CN)OC(C)(C)C1. The van der Waals surface area contributed by atoms with Crippen LogP contribution in [0.2, 0.25) is 0 Å². The van der Waals surface area contributed by atoms with E-state index in [2.05, 4.69) is 25.7 Å². The van der Waals surface area contributed by atoms with Crippen LogP contribution in [0.15, 0.2) is 0 Å². The third-order valence-electron chi connectivity index (χ3n) is 4.63. The van der Waals surface area contributed by atoms with E-state index in [9.17, 15) is 0 Å². The lowest BCUT2D eigenvalue weighted by atomic mass is 9.81. The highest BCUT2D eigenvalue weighted by Crippen LogP contribution is 2.33. The Labute approximate surface area is 112 Å². The summed E-state index contributed by atoms with van der Waals surface area (Å²) < 4.78 is 6.05. The van der Waals surface area contributed by atoms with E-state index in [0.29, 0.717) is 6.54 Å². The van der Waals surface area contributed by atoms with Crippen molar-refractivity contribution in [3.05, 3.63) is 0 Å². The summed E-state index contributed by atoms with van der Waals surface area (Å²) >= 11 is 0. The summed E-state index contributed by atoms with van der Waals surface area (Å²) in [5.41, 5.74) is 5.79. The van der Waals surface area contributed by atoms with Crippen molar-refractivity contribution in [2.24, 2.45) is 11.7 Å². The predicted octanol–water partition coefficient (Wildman–Crippen LogP) is 2.39. The maximum absolute atomic E-state index is 6.05. The molecule has 3 unspecified atom stereocenters.